The molecule has 7 nitrogen and oxygen atoms in total. The van der Waals surface area contributed by atoms with E-state index < -0.39 is 36.2 Å². The fourth-order valence-corrected chi connectivity index (χ4v) is 2.48. The maximum absolute atomic E-state index is 11.1. The molecule has 1 N–H and O–H groups in total. The Bertz CT molecular complexity index is 591. The molecule has 0 bridgehead atoms. The van der Waals surface area contributed by atoms with E-state index in [2.05, 4.69) is 0 Å². The van der Waals surface area contributed by atoms with E-state index in [1.165, 1.54) is 6.92 Å². The summed E-state index contributed by atoms with van der Waals surface area (Å²) in [6, 6.07) is 0. The second-order valence-electron chi connectivity index (χ2n) is 2.99. The van der Waals surface area contributed by atoms with Crippen LogP contribution in [0.4, 0.5) is 0 Å². The summed E-state index contributed by atoms with van der Waals surface area (Å²) in [6.07, 6.45) is 1.02. The van der Waals surface area contributed by atoms with Crippen LogP contribution in [0.25, 0.3) is 0 Å². The monoisotopic (exact) mass is 266 g/mol. The van der Waals surface area contributed by atoms with Crippen molar-refractivity contribution >= 4 is 26.0 Å². The van der Waals surface area contributed by atoms with Crippen molar-refractivity contribution in [3.8, 4) is 0 Å². The smallest absolute Gasteiger partial charge is 0.346 e. The zero-order valence-corrected chi connectivity index (χ0v) is 9.50. The van der Waals surface area contributed by atoms with Gasteiger partial charge in [0.25, 0.3) is 0 Å². The molecule has 0 atom stereocenters. The van der Waals surface area contributed by atoms with Crippen molar-refractivity contribution in [3.05, 3.63) is 27.9 Å². The average molecular weight is 266 g/mol. The highest BCUT2D eigenvalue weighted by Crippen LogP contribution is 2.28. The topological polar surface area (TPSA) is 129 Å². The van der Waals surface area contributed by atoms with Gasteiger partial charge in [-0.05, 0) is 6.92 Å². The molecule has 9 heteroatoms. The predicted octanol–water partition coefficient (Wildman–Crippen LogP) is -0.636. The second-order valence-corrected chi connectivity index (χ2v) is 5.73. The van der Waals surface area contributed by atoms with Crippen molar-refractivity contribution in [2.45, 2.75) is 6.92 Å². The second kappa shape index (κ2) is 3.70. The lowest BCUT2D eigenvalue weighted by Crippen LogP contribution is -2.21. The number of allylic oxidation sites excluding steroid dienone is 2. The molecule has 1 rings (SSSR count). The number of carbonyl (C=O) groups is 1. The van der Waals surface area contributed by atoms with Gasteiger partial charge in [-0.2, -0.15) is 8.42 Å². The van der Waals surface area contributed by atoms with E-state index in [-0.39, 0.29) is 5.57 Å². The summed E-state index contributed by atoms with van der Waals surface area (Å²) < 4.78 is 62.2. The minimum Gasteiger partial charge on any atom is -0.733 e. The number of hydrogen-bond acceptors (Lipinski definition) is 6. The third-order valence-electron chi connectivity index (χ3n) is 1.79. The molecule has 0 aromatic heterocycles. The summed E-state index contributed by atoms with van der Waals surface area (Å²) in [5, 5.41) is -0.847. The molecule has 0 aromatic rings. The molecule has 16 heavy (non-hydrogen) atoms. The Morgan fingerprint density at radius 3 is 2.19 bits per heavy atom. The molecule has 0 amide bonds. The van der Waals surface area contributed by atoms with E-state index in [9.17, 15) is 26.2 Å². The molecule has 0 saturated carbocycles. The molecule has 0 aromatic carbocycles. The lowest BCUT2D eigenvalue weighted by atomic mass is 10.1. The summed E-state index contributed by atoms with van der Waals surface area (Å²) >= 11 is 0. The van der Waals surface area contributed by atoms with Crippen molar-refractivity contribution in [2.24, 2.45) is 0 Å². The number of hydrogen-bond donors (Lipinski definition) is 1. The predicted molar refractivity (Wildman–Crippen MR) is 51.3 cm³/mol. The fourth-order valence-electron chi connectivity index (χ4n) is 1.11. The van der Waals surface area contributed by atoms with Crippen LogP contribution in [0.5, 0.6) is 0 Å². The third kappa shape index (κ3) is 2.50. The van der Waals surface area contributed by atoms with Crippen molar-refractivity contribution in [2.75, 3.05) is 0 Å². The van der Waals surface area contributed by atoms with Gasteiger partial charge in [0.05, 0.1) is 17.7 Å². The molecule has 1 aliphatic rings. The zero-order chi connectivity index (χ0) is 12.7. The maximum Gasteiger partial charge on any atom is 0.346 e. The molecule has 1 aliphatic carbocycles. The van der Waals surface area contributed by atoms with Crippen LogP contribution in [0.1, 0.15) is 6.92 Å². The van der Waals surface area contributed by atoms with Crippen LogP contribution in [0, 0.1) is 5.25 Å². The molecule has 0 radical (unpaired) electrons. The normalized spacial score (nSPS) is 18.2. The first-order chi connectivity index (χ1) is 7.03. The van der Waals surface area contributed by atoms with Crippen LogP contribution in [0.15, 0.2) is 22.6 Å². The maximum atomic E-state index is 11.1. The summed E-state index contributed by atoms with van der Waals surface area (Å²) in [7, 11) is -9.75. The van der Waals surface area contributed by atoms with Gasteiger partial charge in [0.15, 0.2) is 15.4 Å². The van der Waals surface area contributed by atoms with Gasteiger partial charge in [-0.3, -0.25) is 9.35 Å². The van der Waals surface area contributed by atoms with Crippen LogP contribution < -0.4 is 0 Å². The van der Waals surface area contributed by atoms with E-state index >= 15 is 0 Å². The first kappa shape index (κ1) is 12.9. The summed E-state index contributed by atoms with van der Waals surface area (Å²) in [5.74, 6) is -1.08. The lowest BCUT2D eigenvalue weighted by molar-refractivity contribution is -0.110. The van der Waals surface area contributed by atoms with Gasteiger partial charge in [0.2, 0.25) is 4.91 Å². The molecule has 0 aliphatic heterocycles. The van der Waals surface area contributed by atoms with Gasteiger partial charge in [-0.1, -0.05) is 0 Å². The molecule has 0 saturated heterocycles. The summed E-state index contributed by atoms with van der Waals surface area (Å²) in [4.78, 5) is 10.00. The molecule has 0 heterocycles. The molecule has 0 spiro atoms. The quantitative estimate of drug-likeness (QED) is 0.520. The van der Waals surface area contributed by atoms with Crippen LogP contribution in [-0.2, 0) is 25.0 Å². The van der Waals surface area contributed by atoms with Crippen molar-refractivity contribution in [3.63, 3.8) is 0 Å². The van der Waals surface area contributed by atoms with Gasteiger partial charge in [-0.25, -0.2) is 8.42 Å². The van der Waals surface area contributed by atoms with Crippen molar-refractivity contribution < 1.29 is 30.7 Å². The molecule has 0 fully saturated rings. The van der Waals surface area contributed by atoms with E-state index in [1.807, 2.05) is 0 Å². The Morgan fingerprint density at radius 2 is 1.81 bits per heavy atom. The molecular formula is C7H6O7S2. The minimum atomic E-state index is -4.90. The Morgan fingerprint density at radius 1 is 1.31 bits per heavy atom. The van der Waals surface area contributed by atoms with Crippen molar-refractivity contribution in [1.82, 2.24) is 0 Å². The standard InChI is InChI=1S/C7H6O7S2/c1-4-2-5(8)7(16(12,13)14)3-6(4)15(9,10)11/h2-3H,1H3,(H-,9,10,11,12,13,14). The highest BCUT2D eigenvalue weighted by molar-refractivity contribution is 7.91. The SMILES string of the molecule is CC1=CC(=O)C(S(=O)(=O)O)=C[C+]1S(=O)(=O)[O-]. The minimum absolute atomic E-state index is 0.174. The molecular weight excluding hydrogens is 260 g/mol. The van der Waals surface area contributed by atoms with Crippen LogP contribution in [0.3, 0.4) is 0 Å². The van der Waals surface area contributed by atoms with E-state index in [0.717, 1.165) is 0 Å². The zero-order valence-electron chi connectivity index (χ0n) is 7.87. The van der Waals surface area contributed by atoms with E-state index in [4.69, 9.17) is 4.55 Å². The third-order valence-corrected chi connectivity index (χ3v) is 3.64. The largest absolute Gasteiger partial charge is 0.733 e. The highest BCUT2D eigenvalue weighted by atomic mass is 32.2. The highest BCUT2D eigenvalue weighted by Gasteiger charge is 2.39. The first-order valence-electron chi connectivity index (χ1n) is 3.78. The van der Waals surface area contributed by atoms with E-state index in [0.29, 0.717) is 12.2 Å². The molecule has 88 valence electrons. The van der Waals surface area contributed by atoms with Gasteiger partial charge in [0.1, 0.15) is 0 Å². The van der Waals surface area contributed by atoms with Crippen LogP contribution >= 0.6 is 0 Å². The van der Waals surface area contributed by atoms with Gasteiger partial charge >= 0.3 is 15.9 Å². The van der Waals surface area contributed by atoms with Crippen LogP contribution in [-0.4, -0.2) is 31.7 Å². The van der Waals surface area contributed by atoms with Crippen LogP contribution in [0.2, 0.25) is 0 Å². The summed E-state index contributed by atoms with van der Waals surface area (Å²) in [6.45, 7) is 1.17. The van der Waals surface area contributed by atoms with Gasteiger partial charge in [-0.15, -0.1) is 0 Å². The Kier molecular flexibility index (Phi) is 2.98. The number of rotatable bonds is 2. The van der Waals surface area contributed by atoms with Gasteiger partial charge in [0, 0.05) is 0 Å². The Hall–Kier alpha value is -1.16. The lowest BCUT2D eigenvalue weighted by Gasteiger charge is -2.13. The Balaban J connectivity index is 3.42. The Labute approximate surface area is 92.0 Å². The molecule has 0 unspecified atom stereocenters. The number of carbonyl (C=O) groups excluding carboxylic acids is 1. The number of ketones is 1. The summed E-state index contributed by atoms with van der Waals surface area (Å²) in [5.41, 5.74) is -0.174. The average Bonchev–Trinajstić information content (AvgIpc) is 1.97. The van der Waals surface area contributed by atoms with Crippen molar-refractivity contribution in [1.29, 1.82) is 0 Å². The fraction of sp³-hybridized carbons (Fsp3) is 0.143. The van der Waals surface area contributed by atoms with Gasteiger partial charge < -0.3 is 4.55 Å². The first-order valence-corrected chi connectivity index (χ1v) is 6.63. The van der Waals surface area contributed by atoms with E-state index in [1.54, 1.807) is 0 Å².